The molecule has 2 atom stereocenters. The maximum absolute atomic E-state index is 14.0. The number of likely N-dealkylation sites (tertiary alicyclic amines) is 1. The average Bonchev–Trinajstić information content (AvgIpc) is 4.09. The van der Waals surface area contributed by atoms with Crippen LogP contribution in [0.5, 0.6) is 0 Å². The van der Waals surface area contributed by atoms with Crippen LogP contribution in [0.15, 0.2) is 83.2 Å². The van der Waals surface area contributed by atoms with Crippen molar-refractivity contribution in [3.05, 3.63) is 95.3 Å². The number of nitrogens with one attached hydrogen (secondary N) is 8. The number of carbonyl (C=O) groups is 4. The molecular formula is C54H75N11O6S2. The fourth-order valence-corrected chi connectivity index (χ4v) is 10.9. The number of hydrogen-bond donors (Lipinski definition) is 8. The number of aromatic nitrogens is 3. The van der Waals surface area contributed by atoms with Gasteiger partial charge in [-0.1, -0.05) is 76.8 Å². The summed E-state index contributed by atoms with van der Waals surface area (Å²) in [6.45, 7) is 16.9. The molecule has 4 amide bonds. The van der Waals surface area contributed by atoms with Gasteiger partial charge in [0.15, 0.2) is 5.82 Å². The van der Waals surface area contributed by atoms with Gasteiger partial charge in [0.2, 0.25) is 39.6 Å². The Bertz CT molecular complexity index is 2740. The molecule has 1 aliphatic rings. The van der Waals surface area contributed by atoms with Crippen LogP contribution >= 0.6 is 11.3 Å². The topological polar surface area (TPSA) is 231 Å². The molecule has 0 bridgehead atoms. The van der Waals surface area contributed by atoms with Gasteiger partial charge in [0, 0.05) is 61.6 Å². The molecule has 0 aliphatic carbocycles. The lowest BCUT2D eigenvalue weighted by Gasteiger charge is -2.35. The molecule has 2 aromatic heterocycles. The second-order valence-corrected chi connectivity index (χ2v) is 23.4. The highest BCUT2D eigenvalue weighted by Gasteiger charge is 2.41. The quantitative estimate of drug-likeness (QED) is 0.0257. The molecular weight excluding hydrogens is 963 g/mol. The molecule has 1 saturated heterocycles. The Balaban J connectivity index is 0.811. The van der Waals surface area contributed by atoms with Gasteiger partial charge in [-0.15, -0.1) is 11.3 Å². The molecule has 0 spiro atoms. The fraction of sp³-hybridized carbons (Fsp3) is 0.481. The summed E-state index contributed by atoms with van der Waals surface area (Å²) >= 11 is 1.60. The van der Waals surface area contributed by atoms with Crippen LogP contribution in [0.25, 0.3) is 10.4 Å². The van der Waals surface area contributed by atoms with E-state index in [0.29, 0.717) is 69.3 Å². The largest absolute Gasteiger partial charge is 0.383 e. The van der Waals surface area contributed by atoms with E-state index in [-0.39, 0.29) is 28.5 Å². The minimum absolute atomic E-state index is 0.0175. The predicted molar refractivity (Wildman–Crippen MR) is 292 cm³/mol. The molecule has 0 radical (unpaired) electrons. The highest BCUT2D eigenvalue weighted by atomic mass is 32.2. The number of aromatic amines is 1. The minimum Gasteiger partial charge on any atom is -0.383 e. The number of anilines is 5. The summed E-state index contributed by atoms with van der Waals surface area (Å²) in [6.07, 6.45) is 7.30. The van der Waals surface area contributed by atoms with Gasteiger partial charge in [-0.25, -0.2) is 18.1 Å². The Morgan fingerprint density at radius 3 is 2.12 bits per heavy atom. The van der Waals surface area contributed by atoms with E-state index in [0.717, 1.165) is 77.3 Å². The van der Waals surface area contributed by atoms with Crippen LogP contribution < -0.4 is 36.6 Å². The number of hydrogen-bond acceptors (Lipinski definition) is 12. The van der Waals surface area contributed by atoms with Gasteiger partial charge < -0.3 is 41.8 Å². The van der Waals surface area contributed by atoms with Gasteiger partial charge in [0.25, 0.3) is 0 Å². The van der Waals surface area contributed by atoms with Gasteiger partial charge in [-0.3, -0.25) is 19.2 Å². The number of thiazole rings is 1. The number of nitrogens with zero attached hydrogens (tertiary/aromatic N) is 3. The van der Waals surface area contributed by atoms with Crippen molar-refractivity contribution < 1.29 is 27.6 Å². The predicted octanol–water partition coefficient (Wildman–Crippen LogP) is 9.20. The summed E-state index contributed by atoms with van der Waals surface area (Å²) < 4.78 is 28.4. The van der Waals surface area contributed by atoms with Crippen molar-refractivity contribution in [3.8, 4) is 10.4 Å². The number of aryl methyl sites for hydroxylation is 2. The lowest BCUT2D eigenvalue weighted by atomic mass is 9.85. The first-order valence-corrected chi connectivity index (χ1v) is 27.7. The summed E-state index contributed by atoms with van der Waals surface area (Å²) in [4.78, 5) is 68.1. The molecule has 2 unspecified atom stereocenters. The molecule has 19 heteroatoms. The van der Waals surface area contributed by atoms with Crippen LogP contribution in [0.4, 0.5) is 28.8 Å². The van der Waals surface area contributed by atoms with E-state index in [4.69, 9.17) is 0 Å². The molecule has 5 aromatic rings. The van der Waals surface area contributed by atoms with E-state index in [1.165, 1.54) is 0 Å². The van der Waals surface area contributed by atoms with E-state index in [2.05, 4.69) is 51.6 Å². The summed E-state index contributed by atoms with van der Waals surface area (Å²) in [5.74, 6) is 0.537. The minimum atomic E-state index is -3.70. The molecule has 1 aliphatic heterocycles. The third-order valence-electron chi connectivity index (χ3n) is 12.4. The Hall–Kier alpha value is -6.31. The highest BCUT2D eigenvalue weighted by molar-refractivity contribution is 7.89. The zero-order valence-electron chi connectivity index (χ0n) is 43.7. The monoisotopic (exact) mass is 1040 g/mol. The zero-order chi connectivity index (χ0) is 52.8. The van der Waals surface area contributed by atoms with Crippen molar-refractivity contribution >= 4 is 73.8 Å². The maximum Gasteiger partial charge on any atom is 0.246 e. The van der Waals surface area contributed by atoms with Crippen molar-refractivity contribution in [1.82, 2.24) is 40.5 Å². The number of amides is 4. The van der Waals surface area contributed by atoms with Crippen LogP contribution in [0.2, 0.25) is 0 Å². The lowest BCUT2D eigenvalue weighted by molar-refractivity contribution is -0.143. The Labute approximate surface area is 435 Å². The second-order valence-electron chi connectivity index (χ2n) is 20.9. The SMILES string of the molecule is Cc1ncsc1-c1ccc(CNC(=O)C2CCCN2C(=O)C(NC(=O)CCCCCCCCC(=O)NCCNc2ccc(Nc3nc(Nc4cccc(S(=O)(=O)NC(C)(C)C)c4)c(C)[nH]3)cc2)C(C)(C)C)cc1. The molecule has 73 heavy (non-hydrogen) atoms. The number of unbranched alkanes of at least 4 members (excludes halogenated alkanes) is 5. The normalized spacial score (nSPS) is 14.4. The third kappa shape index (κ3) is 17.1. The standard InChI is InChI=1S/C54H75N11O6S2/c1-36-47(72-35-58-36)39-24-22-38(23-25-39)34-57-50(68)44-19-16-32-65(44)51(69)48(53(3,4)5)62-46(67)21-14-12-10-9-11-13-20-45(66)56-31-30-55-40-26-28-41(29-27-40)61-52-59-37(2)49(63-52)60-42-17-15-18-43(33-42)73(70,71)64-54(6,7)8/h15,17-18,22-29,33,35,44,48,55,60,64H,9-14,16,19-21,30-32,34H2,1-8H3,(H,56,66)(H,57,68)(H,62,67)(H2,59,61,63). The molecule has 3 heterocycles. The van der Waals surface area contributed by atoms with E-state index in [1.54, 1.807) is 61.3 Å². The van der Waals surface area contributed by atoms with E-state index < -0.39 is 33.1 Å². The highest BCUT2D eigenvalue weighted by Crippen LogP contribution is 2.29. The van der Waals surface area contributed by atoms with Crippen molar-refractivity contribution in [2.24, 2.45) is 5.41 Å². The maximum atomic E-state index is 14.0. The fourth-order valence-electron chi connectivity index (χ4n) is 8.58. The molecule has 8 N–H and O–H groups in total. The van der Waals surface area contributed by atoms with Gasteiger partial charge in [-0.2, -0.15) is 4.98 Å². The van der Waals surface area contributed by atoms with Gasteiger partial charge in [0.1, 0.15) is 12.1 Å². The molecule has 1 fully saturated rings. The molecule has 3 aromatic carbocycles. The second kappa shape index (κ2) is 25.6. The van der Waals surface area contributed by atoms with Crippen molar-refractivity contribution in [2.45, 2.75) is 149 Å². The van der Waals surface area contributed by atoms with Crippen molar-refractivity contribution in [1.29, 1.82) is 0 Å². The number of sulfonamides is 1. The Morgan fingerprint density at radius 1 is 0.795 bits per heavy atom. The Morgan fingerprint density at radius 2 is 1.47 bits per heavy atom. The summed E-state index contributed by atoms with van der Waals surface area (Å²) in [6, 6.07) is 21.1. The number of rotatable bonds is 25. The van der Waals surface area contributed by atoms with E-state index >= 15 is 0 Å². The summed E-state index contributed by atoms with van der Waals surface area (Å²) in [7, 11) is -3.70. The first-order valence-electron chi connectivity index (χ1n) is 25.4. The third-order valence-corrected chi connectivity index (χ3v) is 15.1. The number of imidazole rings is 1. The number of benzene rings is 3. The summed E-state index contributed by atoms with van der Waals surface area (Å²) in [5.41, 5.74) is 6.81. The number of H-pyrrole nitrogens is 1. The van der Waals surface area contributed by atoms with Crippen LogP contribution in [-0.2, 0) is 35.7 Å². The van der Waals surface area contributed by atoms with Crippen LogP contribution in [0.3, 0.4) is 0 Å². The molecule has 394 valence electrons. The first kappa shape index (κ1) is 56.0. The van der Waals surface area contributed by atoms with Crippen LogP contribution in [0, 0.1) is 19.3 Å². The zero-order valence-corrected chi connectivity index (χ0v) is 45.3. The first-order chi connectivity index (χ1) is 34.6. The van der Waals surface area contributed by atoms with Crippen molar-refractivity contribution in [2.75, 3.05) is 35.6 Å². The van der Waals surface area contributed by atoms with Gasteiger partial charge in [-0.05, 0) is 119 Å². The van der Waals surface area contributed by atoms with E-state index in [9.17, 15) is 27.6 Å². The molecule has 17 nitrogen and oxygen atoms in total. The number of carbonyl (C=O) groups excluding carboxylic acids is 4. The van der Waals surface area contributed by atoms with Crippen LogP contribution in [0.1, 0.15) is 123 Å². The smallest absolute Gasteiger partial charge is 0.246 e. The van der Waals surface area contributed by atoms with Gasteiger partial charge in [0.05, 0.1) is 26.7 Å². The van der Waals surface area contributed by atoms with Crippen LogP contribution in [-0.4, -0.2) is 89.2 Å². The Kier molecular flexibility index (Phi) is 19.6. The summed E-state index contributed by atoms with van der Waals surface area (Å²) in [5, 5.41) is 18.8. The molecule has 6 rings (SSSR count). The van der Waals surface area contributed by atoms with Gasteiger partial charge >= 0.3 is 0 Å². The molecule has 0 saturated carbocycles. The van der Waals surface area contributed by atoms with Crippen molar-refractivity contribution in [3.63, 3.8) is 0 Å². The lowest BCUT2D eigenvalue weighted by Crippen LogP contribution is -2.57. The average molecular weight is 1040 g/mol. The van der Waals surface area contributed by atoms with E-state index in [1.807, 2.05) is 88.7 Å².